The van der Waals surface area contributed by atoms with Gasteiger partial charge in [0, 0.05) is 35.4 Å². The smallest absolute Gasteiger partial charge is 0.408 e. The molecule has 52 heavy (non-hydrogen) atoms. The van der Waals surface area contributed by atoms with Crippen LogP contribution in [0.1, 0.15) is 65.3 Å². The van der Waals surface area contributed by atoms with Crippen molar-refractivity contribution in [2.75, 3.05) is 6.54 Å². The Kier molecular flexibility index (Phi) is 9.24. The van der Waals surface area contributed by atoms with Gasteiger partial charge >= 0.3 is 12.1 Å². The molecule has 3 aliphatic rings. The van der Waals surface area contributed by atoms with E-state index in [9.17, 15) is 24.3 Å². The number of allylic oxidation sites excluding steroid dienone is 1. The van der Waals surface area contributed by atoms with Crippen molar-refractivity contribution in [2.24, 2.45) is 5.92 Å². The third kappa shape index (κ3) is 7.10. The molecule has 2 aromatic heterocycles. The highest BCUT2D eigenvalue weighted by atomic mass is 16.6. The van der Waals surface area contributed by atoms with Crippen LogP contribution in [0.5, 0.6) is 0 Å². The van der Waals surface area contributed by atoms with Gasteiger partial charge in [0.2, 0.25) is 17.6 Å². The zero-order valence-electron chi connectivity index (χ0n) is 29.4. The normalized spacial score (nSPS) is 25.7. The Morgan fingerprint density at radius 1 is 1.06 bits per heavy atom. The van der Waals surface area contributed by atoms with Gasteiger partial charge < -0.3 is 25.4 Å². The standard InChI is InChI=1S/C38H42N8O6/c1-37(2,3)52-36(51)40-29-18-10-5-4-9-15-24-21-38(24,35(49)50)41-33(47)31-19-25(22-45(31)34(29)48)46-43-32(42-44-46)27-20-30(23-13-7-6-8-14-23)39-28-17-12-11-16-26(27)28/h6-9,11-17,20,24-25,29,31H,4-5,10,18-19,21-22H2,1-3H3,(H,40,51)(H,41,47)(H,49,50)/b15-9-/t24-,25-,29+,31+,38-/m1/s1. The first-order valence-corrected chi connectivity index (χ1v) is 17.7. The average molecular weight is 707 g/mol. The molecule has 3 N–H and O–H groups in total. The van der Waals surface area contributed by atoms with Crippen LogP contribution >= 0.6 is 0 Å². The number of para-hydroxylation sites is 1. The van der Waals surface area contributed by atoms with E-state index >= 15 is 0 Å². The summed E-state index contributed by atoms with van der Waals surface area (Å²) in [6, 6.07) is 16.8. The summed E-state index contributed by atoms with van der Waals surface area (Å²) in [5.74, 6) is -2.18. The van der Waals surface area contributed by atoms with Gasteiger partial charge in [0.25, 0.3) is 0 Å². The molecule has 3 amide bonds. The van der Waals surface area contributed by atoms with E-state index in [-0.39, 0.29) is 25.3 Å². The molecule has 5 atom stereocenters. The summed E-state index contributed by atoms with van der Waals surface area (Å²) in [5.41, 5.74) is 0.921. The fourth-order valence-corrected chi connectivity index (χ4v) is 7.12. The third-order valence-corrected chi connectivity index (χ3v) is 9.86. The summed E-state index contributed by atoms with van der Waals surface area (Å²) >= 11 is 0. The quantitative estimate of drug-likeness (QED) is 0.247. The topological polar surface area (TPSA) is 182 Å². The number of carbonyl (C=O) groups excluding carboxylic acids is 3. The van der Waals surface area contributed by atoms with Crippen LogP contribution in [0.4, 0.5) is 4.79 Å². The lowest BCUT2D eigenvalue weighted by Gasteiger charge is -2.30. The molecule has 4 aromatic rings. The lowest BCUT2D eigenvalue weighted by Crippen LogP contribution is -2.56. The minimum atomic E-state index is -1.45. The number of aliphatic carboxylic acids is 1. The van der Waals surface area contributed by atoms with Gasteiger partial charge in [-0.25, -0.2) is 14.6 Å². The first kappa shape index (κ1) is 34.8. The molecule has 0 spiro atoms. The summed E-state index contributed by atoms with van der Waals surface area (Å²) in [6.45, 7) is 5.24. The maximum Gasteiger partial charge on any atom is 0.408 e. The Labute approximate surface area is 300 Å². The molecule has 0 radical (unpaired) electrons. The van der Waals surface area contributed by atoms with Crippen LogP contribution in [0.3, 0.4) is 0 Å². The van der Waals surface area contributed by atoms with Crippen molar-refractivity contribution >= 4 is 34.8 Å². The first-order chi connectivity index (χ1) is 24.9. The van der Waals surface area contributed by atoms with Crippen molar-refractivity contribution in [1.29, 1.82) is 0 Å². The molecule has 270 valence electrons. The van der Waals surface area contributed by atoms with Crippen LogP contribution in [-0.4, -0.2) is 88.8 Å². The molecular weight excluding hydrogens is 664 g/mol. The van der Waals surface area contributed by atoms with Gasteiger partial charge in [0.05, 0.1) is 17.3 Å². The van der Waals surface area contributed by atoms with Crippen molar-refractivity contribution in [3.63, 3.8) is 0 Å². The second kappa shape index (κ2) is 13.8. The largest absolute Gasteiger partial charge is 0.479 e. The summed E-state index contributed by atoms with van der Waals surface area (Å²) in [4.78, 5) is 61.4. The summed E-state index contributed by atoms with van der Waals surface area (Å²) in [7, 11) is 0. The molecule has 4 heterocycles. The number of aromatic nitrogens is 5. The van der Waals surface area contributed by atoms with Crippen molar-refractivity contribution in [3.8, 4) is 22.6 Å². The number of benzene rings is 2. The fourth-order valence-electron chi connectivity index (χ4n) is 7.12. The molecule has 7 rings (SSSR count). The molecule has 0 unspecified atom stereocenters. The zero-order valence-corrected chi connectivity index (χ0v) is 29.4. The number of nitrogens with one attached hydrogen (secondary N) is 2. The van der Waals surface area contributed by atoms with Crippen LogP contribution in [0.25, 0.3) is 33.5 Å². The molecular formula is C38H42N8O6. The number of pyridine rings is 1. The van der Waals surface area contributed by atoms with Crippen LogP contribution in [-0.2, 0) is 19.1 Å². The van der Waals surface area contributed by atoms with Gasteiger partial charge in [0.15, 0.2) is 0 Å². The predicted molar refractivity (Wildman–Crippen MR) is 191 cm³/mol. The van der Waals surface area contributed by atoms with E-state index in [1.807, 2.05) is 72.8 Å². The minimum absolute atomic E-state index is 0.0367. The number of carboxylic acids is 1. The van der Waals surface area contributed by atoms with E-state index in [1.165, 1.54) is 9.70 Å². The SMILES string of the molecule is CC(C)(C)OC(=O)N[C@H]1CCCC/C=C\[C@@H]2C[C@@]2(C(=O)O)NC(=O)[C@@H]2C[C@@H](n3nnc(-c4cc(-c5ccccc5)nc5ccccc45)n3)CN2C1=O. The summed E-state index contributed by atoms with van der Waals surface area (Å²) in [5, 5.41) is 30.1. The molecule has 1 saturated heterocycles. The number of nitrogens with zero attached hydrogens (tertiary/aromatic N) is 6. The average Bonchev–Trinajstić information content (AvgIpc) is 3.41. The Morgan fingerprint density at radius 2 is 1.83 bits per heavy atom. The molecule has 0 bridgehead atoms. The van der Waals surface area contributed by atoms with Gasteiger partial charge in [-0.2, -0.15) is 4.80 Å². The minimum Gasteiger partial charge on any atom is -0.479 e. The van der Waals surface area contributed by atoms with E-state index in [1.54, 1.807) is 20.8 Å². The van der Waals surface area contributed by atoms with Crippen molar-refractivity contribution in [2.45, 2.75) is 88.6 Å². The number of tetrazole rings is 1. The van der Waals surface area contributed by atoms with Gasteiger partial charge in [-0.15, -0.1) is 10.2 Å². The van der Waals surface area contributed by atoms with Crippen LogP contribution < -0.4 is 10.6 Å². The highest BCUT2D eigenvalue weighted by Crippen LogP contribution is 2.45. The number of hydrogen-bond donors (Lipinski definition) is 3. The molecule has 2 fully saturated rings. The van der Waals surface area contributed by atoms with Crippen LogP contribution in [0.2, 0.25) is 0 Å². The van der Waals surface area contributed by atoms with E-state index in [0.717, 1.165) is 34.1 Å². The number of hydrogen-bond acceptors (Lipinski definition) is 9. The number of ether oxygens (including phenoxy) is 1. The van der Waals surface area contributed by atoms with Crippen LogP contribution in [0.15, 0.2) is 72.8 Å². The van der Waals surface area contributed by atoms with Crippen molar-refractivity contribution in [3.05, 3.63) is 72.8 Å². The highest BCUT2D eigenvalue weighted by molar-refractivity contribution is 5.97. The highest BCUT2D eigenvalue weighted by Gasteiger charge is 2.61. The Morgan fingerprint density at radius 3 is 2.60 bits per heavy atom. The molecule has 2 aromatic carbocycles. The fraction of sp³-hybridized carbons (Fsp3) is 0.421. The zero-order chi connectivity index (χ0) is 36.6. The lowest BCUT2D eigenvalue weighted by molar-refractivity contribution is -0.145. The number of fused-ring (bicyclic) bond motifs is 3. The Hall–Kier alpha value is -5.66. The number of carbonyl (C=O) groups is 4. The molecule has 1 saturated carbocycles. The maximum atomic E-state index is 14.3. The van der Waals surface area contributed by atoms with Crippen molar-refractivity contribution < 1.29 is 29.0 Å². The van der Waals surface area contributed by atoms with Gasteiger partial charge in [0.1, 0.15) is 23.2 Å². The summed E-state index contributed by atoms with van der Waals surface area (Å²) < 4.78 is 5.48. The maximum absolute atomic E-state index is 14.3. The van der Waals surface area contributed by atoms with Gasteiger partial charge in [-0.1, -0.05) is 67.1 Å². The second-order valence-corrected chi connectivity index (χ2v) is 14.8. The first-order valence-electron chi connectivity index (χ1n) is 17.7. The third-order valence-electron chi connectivity index (χ3n) is 9.86. The van der Waals surface area contributed by atoms with Crippen LogP contribution in [0, 0.1) is 5.92 Å². The Bertz CT molecular complexity index is 2040. The second-order valence-electron chi connectivity index (χ2n) is 14.8. The van der Waals surface area contributed by atoms with Crippen molar-refractivity contribution in [1.82, 2.24) is 40.7 Å². The van der Waals surface area contributed by atoms with E-state index in [2.05, 4.69) is 20.9 Å². The molecule has 14 nitrogen and oxygen atoms in total. The van der Waals surface area contributed by atoms with Gasteiger partial charge in [-0.05, 0) is 63.8 Å². The monoisotopic (exact) mass is 706 g/mol. The molecule has 1 aliphatic carbocycles. The Balaban J connectivity index is 1.22. The number of alkyl carbamates (subject to hydrolysis) is 1. The number of amides is 3. The number of rotatable bonds is 5. The summed E-state index contributed by atoms with van der Waals surface area (Å²) in [6.07, 6.45) is 5.73. The molecule has 14 heteroatoms. The van der Waals surface area contributed by atoms with E-state index < -0.39 is 53.1 Å². The number of carboxylic acid groups (broad SMARTS) is 1. The van der Waals surface area contributed by atoms with E-state index in [4.69, 9.17) is 14.8 Å². The lowest BCUT2D eigenvalue weighted by atomic mass is 10.0. The predicted octanol–water partition coefficient (Wildman–Crippen LogP) is 4.68. The van der Waals surface area contributed by atoms with Gasteiger partial charge in [-0.3, -0.25) is 9.59 Å². The van der Waals surface area contributed by atoms with E-state index in [0.29, 0.717) is 25.1 Å². The molecule has 2 aliphatic heterocycles.